The lowest BCUT2D eigenvalue weighted by molar-refractivity contribution is -0.182. The van der Waals surface area contributed by atoms with Crippen molar-refractivity contribution in [2.45, 2.75) is 90.8 Å². The van der Waals surface area contributed by atoms with Crippen molar-refractivity contribution in [3.63, 3.8) is 0 Å². The maximum atomic E-state index is 14.2. The van der Waals surface area contributed by atoms with Crippen LogP contribution in [0, 0.1) is 29.1 Å². The minimum Gasteiger partial charge on any atom is -0.496 e. The van der Waals surface area contributed by atoms with E-state index in [9.17, 15) is 19.8 Å². The number of hydrogen-bond donors (Lipinski definition) is 4. The quantitative estimate of drug-likeness (QED) is 0.194. The molecular formula is C41H60N4O7. The summed E-state index contributed by atoms with van der Waals surface area (Å²) in [6, 6.07) is 10.1. The molecule has 4 N–H and O–H groups in total. The van der Waals surface area contributed by atoms with Crippen molar-refractivity contribution >= 4 is 11.8 Å². The van der Waals surface area contributed by atoms with Crippen LogP contribution in [-0.2, 0) is 16.2 Å². The summed E-state index contributed by atoms with van der Waals surface area (Å²) in [7, 11) is 7.12. The summed E-state index contributed by atoms with van der Waals surface area (Å²) >= 11 is 0. The number of ether oxygens (including phenoxy) is 2. The third-order valence-corrected chi connectivity index (χ3v) is 11.6. The number of aliphatic hydroxyl groups is 2. The highest BCUT2D eigenvalue weighted by Gasteiger charge is 2.56. The number of carbonyl (C=O) groups is 2. The van der Waals surface area contributed by atoms with Gasteiger partial charge in [0.15, 0.2) is 0 Å². The molecule has 3 aliphatic carbocycles. The van der Waals surface area contributed by atoms with Crippen LogP contribution in [-0.4, -0.2) is 104 Å². The van der Waals surface area contributed by atoms with E-state index in [4.69, 9.17) is 14.3 Å². The molecule has 0 radical (unpaired) electrons. The molecule has 1 heterocycles. The van der Waals surface area contributed by atoms with E-state index >= 15 is 0 Å². The van der Waals surface area contributed by atoms with Crippen molar-refractivity contribution in [1.82, 2.24) is 20.6 Å². The number of nitrogens with one attached hydrogen (secondary N) is 2. The number of para-hydroxylation sites is 1. The monoisotopic (exact) mass is 720 g/mol. The Morgan fingerprint density at radius 3 is 2.42 bits per heavy atom. The first-order valence-corrected chi connectivity index (χ1v) is 18.6. The predicted octanol–water partition coefficient (Wildman–Crippen LogP) is 4.66. The molecule has 6 rings (SSSR count). The molecule has 1 saturated heterocycles. The van der Waals surface area contributed by atoms with Gasteiger partial charge in [0.1, 0.15) is 23.6 Å². The molecule has 11 heteroatoms. The van der Waals surface area contributed by atoms with Gasteiger partial charge in [-0.15, -0.1) is 0 Å². The van der Waals surface area contributed by atoms with Crippen LogP contribution in [0.5, 0.6) is 11.5 Å². The summed E-state index contributed by atoms with van der Waals surface area (Å²) in [5.41, 5.74) is 3.87. The lowest BCUT2D eigenvalue weighted by Crippen LogP contribution is -2.59. The van der Waals surface area contributed by atoms with Gasteiger partial charge in [-0.25, -0.2) is 0 Å². The molecule has 2 bridgehead atoms. The van der Waals surface area contributed by atoms with Crippen LogP contribution in [0.25, 0.3) is 11.1 Å². The molecule has 2 aromatic carbocycles. The maximum Gasteiger partial charge on any atom is 0.255 e. The number of hydrogen-bond acceptors (Lipinski definition) is 9. The normalized spacial score (nSPS) is 26.5. The van der Waals surface area contributed by atoms with Gasteiger partial charge >= 0.3 is 0 Å². The van der Waals surface area contributed by atoms with Crippen LogP contribution < -0.4 is 20.1 Å². The second-order valence-corrected chi connectivity index (χ2v) is 16.3. The van der Waals surface area contributed by atoms with E-state index in [1.54, 1.807) is 32.3 Å². The number of hydroxylamine groups is 2. The van der Waals surface area contributed by atoms with Crippen LogP contribution in [0.2, 0.25) is 0 Å². The molecule has 2 aromatic rings. The summed E-state index contributed by atoms with van der Waals surface area (Å²) in [6.07, 6.45) is 1.07. The van der Waals surface area contributed by atoms with Crippen molar-refractivity contribution in [3.05, 3.63) is 59.7 Å². The second-order valence-electron chi connectivity index (χ2n) is 16.3. The van der Waals surface area contributed by atoms with Crippen molar-refractivity contribution in [2.24, 2.45) is 29.1 Å². The Kier molecular flexibility index (Phi) is 12.4. The van der Waals surface area contributed by atoms with Crippen molar-refractivity contribution < 1.29 is 34.1 Å². The number of carbonyl (C=O) groups excluding carboxylic acids is 2. The fourth-order valence-corrected chi connectivity index (χ4v) is 8.86. The van der Waals surface area contributed by atoms with Crippen LogP contribution in [0.4, 0.5) is 0 Å². The summed E-state index contributed by atoms with van der Waals surface area (Å²) in [6.45, 7) is 15.3. The number of methoxy groups -OCH3 is 2. The second kappa shape index (κ2) is 16.3. The smallest absolute Gasteiger partial charge is 0.255 e. The molecule has 3 saturated carbocycles. The molecular weight excluding hydrogens is 660 g/mol. The van der Waals surface area contributed by atoms with Gasteiger partial charge < -0.3 is 35.2 Å². The Morgan fingerprint density at radius 2 is 1.85 bits per heavy atom. The molecule has 286 valence electrons. The first-order valence-electron chi connectivity index (χ1n) is 18.6. The van der Waals surface area contributed by atoms with Crippen molar-refractivity contribution in [3.8, 4) is 22.6 Å². The molecule has 2 amide bonds. The molecule has 4 fully saturated rings. The van der Waals surface area contributed by atoms with Gasteiger partial charge in [-0.1, -0.05) is 64.1 Å². The number of likely N-dealkylation sites (N-methyl/N-ethyl adjacent to an activating group) is 1. The highest BCUT2D eigenvalue weighted by Crippen LogP contribution is 2.60. The average Bonchev–Trinajstić information content (AvgIpc) is 3.46. The number of nitrogens with zero attached hydrogens (tertiary/aromatic N) is 2. The number of benzene rings is 2. The third kappa shape index (κ3) is 8.04. The Labute approximate surface area is 309 Å². The van der Waals surface area contributed by atoms with Crippen LogP contribution >= 0.6 is 0 Å². The fraction of sp³-hybridized carbons (Fsp3) is 0.610. The zero-order valence-corrected chi connectivity index (χ0v) is 32.4. The van der Waals surface area contributed by atoms with Crippen LogP contribution in [0.1, 0.15) is 69.8 Å². The Bertz CT molecular complexity index is 1600. The predicted molar refractivity (Wildman–Crippen MR) is 202 cm³/mol. The zero-order valence-electron chi connectivity index (χ0n) is 32.4. The SMILES string of the molecule is C=C1[C@@H](NC(=O)[C@@H]2[C@@H]([C@H](C)O)[C@H](CO)ON2Cc2cccc(-c3ccc(OC)c(C(=O)N[C@@H](CC(C)C)CN(C)C)c3)c2OC)C[C@H]2C[C@@H]1C2(C)C. The molecule has 52 heavy (non-hydrogen) atoms. The van der Waals surface area contributed by atoms with Crippen LogP contribution in [0.15, 0.2) is 48.6 Å². The van der Waals surface area contributed by atoms with E-state index in [1.165, 1.54) is 0 Å². The molecule has 1 aliphatic heterocycles. The topological polar surface area (TPSA) is 133 Å². The summed E-state index contributed by atoms with van der Waals surface area (Å²) < 4.78 is 11.6. The van der Waals surface area contributed by atoms with Gasteiger partial charge in [0.05, 0.1) is 45.1 Å². The molecule has 0 aromatic heterocycles. The van der Waals surface area contributed by atoms with E-state index in [0.717, 1.165) is 41.5 Å². The number of amides is 2. The minimum absolute atomic E-state index is 0.0405. The third-order valence-electron chi connectivity index (χ3n) is 11.6. The van der Waals surface area contributed by atoms with Gasteiger partial charge in [-0.3, -0.25) is 14.4 Å². The average molecular weight is 721 g/mol. The zero-order chi connectivity index (χ0) is 38.1. The van der Waals surface area contributed by atoms with E-state index in [1.807, 2.05) is 44.4 Å². The maximum absolute atomic E-state index is 14.2. The standard InChI is InChI=1S/C41H60N4O7/c1-23(2)16-29(21-44(7)8)42-39(48)31-17-26(14-15-34(31)50-9)30-13-11-12-27(38(30)51-10)20-45-37(36(25(4)47)35(22-46)52-45)40(49)43-33-19-28-18-32(24(33)3)41(28,5)6/h11-15,17,23,25,28-29,32-33,35-37,46-47H,3,16,18-22H2,1-2,4-10H3,(H,42,48)(H,43,49)/t25-,28+,29-,32-,33-,35-,36-,37-/m0/s1. The lowest BCUT2D eigenvalue weighted by atomic mass is 9.46. The first kappa shape index (κ1) is 39.7. The van der Waals surface area contributed by atoms with Gasteiger partial charge in [-0.05, 0) is 81.1 Å². The van der Waals surface area contributed by atoms with Crippen molar-refractivity contribution in [2.75, 3.05) is 41.5 Å². The largest absolute Gasteiger partial charge is 0.496 e. The highest BCUT2D eigenvalue weighted by molar-refractivity contribution is 5.98. The van der Waals surface area contributed by atoms with Gasteiger partial charge in [-0.2, -0.15) is 5.06 Å². The number of fused-ring (bicyclic) bond motifs is 2. The lowest BCUT2D eigenvalue weighted by Gasteiger charge is -2.60. The first-order chi connectivity index (χ1) is 24.6. The highest BCUT2D eigenvalue weighted by atomic mass is 16.7. The molecule has 0 unspecified atom stereocenters. The number of aliphatic hydroxyl groups excluding tert-OH is 2. The molecule has 4 aliphatic rings. The van der Waals surface area contributed by atoms with Crippen molar-refractivity contribution in [1.29, 1.82) is 0 Å². The molecule has 8 atom stereocenters. The summed E-state index contributed by atoms with van der Waals surface area (Å²) in [5.74, 6) is 1.14. The van der Waals surface area contributed by atoms with Gasteiger partial charge in [0.2, 0.25) is 5.91 Å². The van der Waals surface area contributed by atoms with E-state index < -0.39 is 24.2 Å². The van der Waals surface area contributed by atoms with E-state index in [0.29, 0.717) is 41.4 Å². The minimum atomic E-state index is -0.922. The summed E-state index contributed by atoms with van der Waals surface area (Å²) in [4.78, 5) is 36.2. The Balaban J connectivity index is 1.43. The van der Waals surface area contributed by atoms with Gasteiger partial charge in [0, 0.05) is 29.6 Å². The van der Waals surface area contributed by atoms with E-state index in [-0.39, 0.29) is 42.5 Å². The van der Waals surface area contributed by atoms with Gasteiger partial charge in [0.25, 0.3) is 5.91 Å². The fourth-order valence-electron chi connectivity index (χ4n) is 8.86. The molecule has 11 nitrogen and oxygen atoms in total. The number of rotatable bonds is 15. The van der Waals surface area contributed by atoms with Crippen LogP contribution in [0.3, 0.4) is 0 Å². The summed E-state index contributed by atoms with van der Waals surface area (Å²) in [5, 5.41) is 29.2. The Hall–Kier alpha value is -3.48. The molecule has 0 spiro atoms. The van der Waals surface area contributed by atoms with E-state index in [2.05, 4.69) is 49.8 Å². The Morgan fingerprint density at radius 1 is 1.12 bits per heavy atom.